The Morgan fingerprint density at radius 1 is 1.57 bits per heavy atom. The van der Waals surface area contributed by atoms with Crippen molar-refractivity contribution in [2.45, 2.75) is 25.3 Å². The van der Waals surface area contributed by atoms with Crippen LogP contribution in [0.15, 0.2) is 12.7 Å². The van der Waals surface area contributed by atoms with E-state index in [1.54, 1.807) is 0 Å². The lowest BCUT2D eigenvalue weighted by molar-refractivity contribution is -0.112. The molecule has 0 radical (unpaired) electrons. The smallest absolute Gasteiger partial charge is 0.410 e. The predicted molar refractivity (Wildman–Crippen MR) is 52.0 cm³/mol. The predicted octanol–water partition coefficient (Wildman–Crippen LogP) is 1.36. The molecule has 1 saturated heterocycles. The molecular formula is C10H15NO3. The van der Waals surface area contributed by atoms with Gasteiger partial charge in [-0.05, 0) is 19.3 Å². The van der Waals surface area contributed by atoms with Crippen LogP contribution in [-0.4, -0.2) is 36.5 Å². The summed E-state index contributed by atoms with van der Waals surface area (Å²) in [4.78, 5) is 23.6. The van der Waals surface area contributed by atoms with Crippen LogP contribution in [0, 0.1) is 0 Å². The van der Waals surface area contributed by atoms with Gasteiger partial charge in [0.2, 0.25) is 0 Å². The number of nitrogens with zero attached hydrogens (tertiary/aromatic N) is 1. The van der Waals surface area contributed by atoms with Gasteiger partial charge in [-0.25, -0.2) is 4.79 Å². The Morgan fingerprint density at radius 2 is 2.36 bits per heavy atom. The first-order valence-electron chi connectivity index (χ1n) is 4.79. The molecule has 0 aromatic carbocycles. The van der Waals surface area contributed by atoms with Crippen LogP contribution in [0.4, 0.5) is 4.79 Å². The van der Waals surface area contributed by atoms with Crippen LogP contribution >= 0.6 is 0 Å². The number of hydrogen-bond acceptors (Lipinski definition) is 3. The van der Waals surface area contributed by atoms with Crippen LogP contribution in [0.5, 0.6) is 0 Å². The number of amides is 1. The third kappa shape index (κ3) is 2.58. The van der Waals surface area contributed by atoms with Gasteiger partial charge in [-0.2, -0.15) is 0 Å². The molecule has 1 aliphatic heterocycles. The summed E-state index contributed by atoms with van der Waals surface area (Å²) in [6, 6.07) is -0.305. The average molecular weight is 197 g/mol. The van der Waals surface area contributed by atoms with Crippen LogP contribution in [0.25, 0.3) is 0 Å². The Labute approximate surface area is 83.5 Å². The van der Waals surface area contributed by atoms with E-state index in [9.17, 15) is 9.59 Å². The molecule has 1 fully saturated rings. The van der Waals surface area contributed by atoms with Crippen molar-refractivity contribution < 1.29 is 14.3 Å². The number of piperidine rings is 1. The summed E-state index contributed by atoms with van der Waals surface area (Å²) in [7, 11) is 0. The first-order chi connectivity index (χ1) is 6.79. The summed E-state index contributed by atoms with van der Waals surface area (Å²) in [5.74, 6) is 0. The topological polar surface area (TPSA) is 46.6 Å². The zero-order valence-corrected chi connectivity index (χ0v) is 8.15. The molecule has 0 aromatic heterocycles. The lowest BCUT2D eigenvalue weighted by Crippen LogP contribution is -2.44. The van der Waals surface area contributed by atoms with Gasteiger partial charge in [0, 0.05) is 6.54 Å². The molecule has 1 aliphatic rings. The molecule has 0 aliphatic carbocycles. The van der Waals surface area contributed by atoms with Gasteiger partial charge >= 0.3 is 6.09 Å². The minimum atomic E-state index is -0.415. The van der Waals surface area contributed by atoms with E-state index in [4.69, 9.17) is 4.74 Å². The maximum absolute atomic E-state index is 11.4. The number of rotatable bonds is 3. The molecule has 1 heterocycles. The largest absolute Gasteiger partial charge is 0.445 e. The maximum Gasteiger partial charge on any atom is 0.410 e. The summed E-state index contributed by atoms with van der Waals surface area (Å²) in [5.41, 5.74) is 0. The molecule has 0 aromatic rings. The van der Waals surface area contributed by atoms with Gasteiger partial charge in [0.15, 0.2) is 0 Å². The van der Waals surface area contributed by atoms with Gasteiger partial charge in [0.1, 0.15) is 12.9 Å². The summed E-state index contributed by atoms with van der Waals surface area (Å²) in [6.45, 7) is 4.26. The SMILES string of the molecule is C=CCOC(=O)N1CCCC[C@@H]1C=O. The number of aldehydes is 1. The van der Waals surface area contributed by atoms with Crippen molar-refractivity contribution in [2.24, 2.45) is 0 Å². The Bertz CT molecular complexity index is 227. The minimum Gasteiger partial charge on any atom is -0.445 e. The normalized spacial score (nSPS) is 21.4. The maximum atomic E-state index is 11.4. The number of carbonyl (C=O) groups is 2. The highest BCUT2D eigenvalue weighted by molar-refractivity contribution is 5.73. The zero-order chi connectivity index (χ0) is 10.4. The second kappa shape index (κ2) is 5.42. The van der Waals surface area contributed by atoms with Gasteiger partial charge < -0.3 is 9.53 Å². The standard InChI is InChI=1S/C10H15NO3/c1-2-7-14-10(13)11-6-4-3-5-9(11)8-12/h2,8-9H,1,3-7H2/t9-/m1/s1. The third-order valence-corrected chi connectivity index (χ3v) is 2.27. The van der Waals surface area contributed by atoms with Gasteiger partial charge in [-0.1, -0.05) is 12.7 Å². The fourth-order valence-electron chi connectivity index (χ4n) is 1.54. The first-order valence-corrected chi connectivity index (χ1v) is 4.79. The van der Waals surface area contributed by atoms with Crippen molar-refractivity contribution in [3.05, 3.63) is 12.7 Å². The van der Waals surface area contributed by atoms with E-state index in [1.807, 2.05) is 0 Å². The fourth-order valence-corrected chi connectivity index (χ4v) is 1.54. The number of likely N-dealkylation sites (tertiary alicyclic amines) is 1. The Balaban J connectivity index is 2.49. The monoisotopic (exact) mass is 197 g/mol. The van der Waals surface area contributed by atoms with E-state index in [-0.39, 0.29) is 12.6 Å². The average Bonchev–Trinajstić information content (AvgIpc) is 2.25. The Hall–Kier alpha value is -1.32. The van der Waals surface area contributed by atoms with E-state index in [2.05, 4.69) is 6.58 Å². The van der Waals surface area contributed by atoms with Gasteiger partial charge in [-0.3, -0.25) is 4.90 Å². The Morgan fingerprint density at radius 3 is 3.00 bits per heavy atom. The number of hydrogen-bond donors (Lipinski definition) is 0. The highest BCUT2D eigenvalue weighted by atomic mass is 16.6. The molecule has 0 N–H and O–H groups in total. The van der Waals surface area contributed by atoms with E-state index in [0.29, 0.717) is 6.54 Å². The summed E-state index contributed by atoms with van der Waals surface area (Å²) in [6.07, 6.45) is 4.59. The molecular weight excluding hydrogens is 182 g/mol. The van der Waals surface area contributed by atoms with Crippen LogP contribution in [0.1, 0.15) is 19.3 Å². The van der Waals surface area contributed by atoms with Gasteiger partial charge in [0.05, 0.1) is 6.04 Å². The lowest BCUT2D eigenvalue weighted by Gasteiger charge is -2.31. The molecule has 14 heavy (non-hydrogen) atoms. The minimum absolute atomic E-state index is 0.195. The second-order valence-electron chi connectivity index (χ2n) is 3.26. The van der Waals surface area contributed by atoms with Crippen molar-refractivity contribution >= 4 is 12.4 Å². The van der Waals surface area contributed by atoms with Crippen LogP contribution in [0.2, 0.25) is 0 Å². The quantitative estimate of drug-likeness (QED) is 0.507. The van der Waals surface area contributed by atoms with Crippen LogP contribution in [0.3, 0.4) is 0 Å². The summed E-state index contributed by atoms with van der Waals surface area (Å²) in [5, 5.41) is 0. The van der Waals surface area contributed by atoms with E-state index < -0.39 is 6.09 Å². The van der Waals surface area contributed by atoms with Crippen molar-refractivity contribution in [3.63, 3.8) is 0 Å². The van der Waals surface area contributed by atoms with Crippen molar-refractivity contribution in [1.29, 1.82) is 0 Å². The molecule has 1 rings (SSSR count). The molecule has 0 spiro atoms. The Kier molecular flexibility index (Phi) is 4.16. The molecule has 0 unspecified atom stereocenters. The third-order valence-electron chi connectivity index (χ3n) is 2.27. The molecule has 4 nitrogen and oxygen atoms in total. The number of ether oxygens (including phenoxy) is 1. The van der Waals surface area contributed by atoms with Gasteiger partial charge in [0.25, 0.3) is 0 Å². The highest BCUT2D eigenvalue weighted by Crippen LogP contribution is 2.16. The molecule has 4 heteroatoms. The summed E-state index contributed by atoms with van der Waals surface area (Å²) >= 11 is 0. The molecule has 78 valence electrons. The zero-order valence-electron chi connectivity index (χ0n) is 8.15. The number of carbonyl (C=O) groups excluding carboxylic acids is 2. The fraction of sp³-hybridized carbons (Fsp3) is 0.600. The summed E-state index contributed by atoms with van der Waals surface area (Å²) < 4.78 is 4.87. The van der Waals surface area contributed by atoms with Crippen LogP contribution in [-0.2, 0) is 9.53 Å². The van der Waals surface area contributed by atoms with Gasteiger partial charge in [-0.15, -0.1) is 0 Å². The van der Waals surface area contributed by atoms with Crippen molar-refractivity contribution in [2.75, 3.05) is 13.2 Å². The van der Waals surface area contributed by atoms with E-state index >= 15 is 0 Å². The molecule has 0 saturated carbocycles. The molecule has 0 bridgehead atoms. The second-order valence-corrected chi connectivity index (χ2v) is 3.26. The molecule has 1 atom stereocenters. The van der Waals surface area contributed by atoms with Crippen molar-refractivity contribution in [1.82, 2.24) is 4.90 Å². The first kappa shape index (κ1) is 10.8. The van der Waals surface area contributed by atoms with E-state index in [0.717, 1.165) is 25.5 Å². The van der Waals surface area contributed by atoms with Crippen molar-refractivity contribution in [3.8, 4) is 0 Å². The highest BCUT2D eigenvalue weighted by Gasteiger charge is 2.26. The van der Waals surface area contributed by atoms with Crippen LogP contribution < -0.4 is 0 Å². The molecule has 1 amide bonds. The van der Waals surface area contributed by atoms with E-state index in [1.165, 1.54) is 11.0 Å². The lowest BCUT2D eigenvalue weighted by atomic mass is 10.0.